The van der Waals surface area contributed by atoms with Crippen LogP contribution in [-0.2, 0) is 16.1 Å². The Morgan fingerprint density at radius 2 is 1.77 bits per heavy atom. The van der Waals surface area contributed by atoms with Crippen LogP contribution in [-0.4, -0.2) is 66.0 Å². The van der Waals surface area contributed by atoms with Gasteiger partial charge in [-0.2, -0.15) is 0 Å². The molecule has 1 fully saturated rings. The zero-order valence-corrected chi connectivity index (χ0v) is 18.3. The van der Waals surface area contributed by atoms with Gasteiger partial charge in [-0.3, -0.25) is 14.4 Å². The van der Waals surface area contributed by atoms with Crippen molar-refractivity contribution in [3.63, 3.8) is 0 Å². The van der Waals surface area contributed by atoms with Gasteiger partial charge in [0.2, 0.25) is 11.8 Å². The van der Waals surface area contributed by atoms with Gasteiger partial charge in [0.15, 0.2) is 0 Å². The molecule has 7 nitrogen and oxygen atoms in total. The molecule has 2 aliphatic rings. The highest BCUT2D eigenvalue weighted by atomic mass is 32.2. The number of hydrogen-bond acceptors (Lipinski definition) is 5. The average molecular weight is 439 g/mol. The number of likely N-dealkylation sites (N-methyl/N-ethyl adjacent to an activating group) is 1. The van der Waals surface area contributed by atoms with Gasteiger partial charge in [0.1, 0.15) is 0 Å². The van der Waals surface area contributed by atoms with Crippen molar-refractivity contribution >= 4 is 35.2 Å². The summed E-state index contributed by atoms with van der Waals surface area (Å²) in [6.45, 7) is 3.61. The Balaban J connectivity index is 1.27. The summed E-state index contributed by atoms with van der Waals surface area (Å²) in [6, 6.07) is 14.9. The second-order valence-electron chi connectivity index (χ2n) is 7.87. The quantitative estimate of drug-likeness (QED) is 0.748. The van der Waals surface area contributed by atoms with E-state index in [4.69, 9.17) is 0 Å². The zero-order valence-electron chi connectivity index (χ0n) is 17.5. The second-order valence-corrected chi connectivity index (χ2v) is 9.11. The Morgan fingerprint density at radius 1 is 1.06 bits per heavy atom. The molecule has 0 spiro atoms. The molecule has 2 aromatic rings. The first-order valence-electron chi connectivity index (χ1n) is 10.4. The standard InChI is InChI=1S/C23H26N4O3S/c1-26-10-12-27(13-11-26)23(30)17-8-6-16(7-9-17)15-24-21(28)14-20-22(29)25-18-4-2-3-5-19(18)31-20/h2-9,20H,10-15H2,1H3,(H,24,28)(H,25,29). The molecule has 0 bridgehead atoms. The largest absolute Gasteiger partial charge is 0.352 e. The van der Waals surface area contributed by atoms with Crippen LogP contribution in [0.4, 0.5) is 5.69 Å². The Hall–Kier alpha value is -2.84. The van der Waals surface area contributed by atoms with Gasteiger partial charge in [-0.05, 0) is 36.9 Å². The van der Waals surface area contributed by atoms with Crippen molar-refractivity contribution < 1.29 is 14.4 Å². The van der Waals surface area contributed by atoms with E-state index in [2.05, 4.69) is 22.6 Å². The van der Waals surface area contributed by atoms with Gasteiger partial charge >= 0.3 is 0 Å². The number of carbonyl (C=O) groups is 3. The Bertz CT molecular complexity index is 971. The summed E-state index contributed by atoms with van der Waals surface area (Å²) in [6.07, 6.45) is 0.116. The lowest BCUT2D eigenvalue weighted by Gasteiger charge is -2.32. The molecule has 0 aliphatic carbocycles. The van der Waals surface area contributed by atoms with Crippen LogP contribution in [0, 0.1) is 0 Å². The smallest absolute Gasteiger partial charge is 0.253 e. The fourth-order valence-electron chi connectivity index (χ4n) is 3.63. The van der Waals surface area contributed by atoms with Crippen molar-refractivity contribution in [2.75, 3.05) is 38.5 Å². The number of nitrogens with one attached hydrogen (secondary N) is 2. The molecular weight excluding hydrogens is 412 g/mol. The molecule has 3 amide bonds. The monoisotopic (exact) mass is 438 g/mol. The summed E-state index contributed by atoms with van der Waals surface area (Å²) in [5.74, 6) is -0.278. The summed E-state index contributed by atoms with van der Waals surface area (Å²) < 4.78 is 0. The van der Waals surface area contributed by atoms with Crippen LogP contribution in [0.1, 0.15) is 22.3 Å². The normalized spacial score (nSPS) is 18.8. The van der Waals surface area contributed by atoms with E-state index in [1.807, 2.05) is 53.4 Å². The van der Waals surface area contributed by atoms with Crippen LogP contribution in [0.3, 0.4) is 0 Å². The number of benzene rings is 2. The number of anilines is 1. The van der Waals surface area contributed by atoms with E-state index in [0.29, 0.717) is 12.1 Å². The number of amides is 3. The van der Waals surface area contributed by atoms with Crippen molar-refractivity contribution in [1.29, 1.82) is 0 Å². The molecule has 1 unspecified atom stereocenters. The summed E-state index contributed by atoms with van der Waals surface area (Å²) >= 11 is 1.42. The van der Waals surface area contributed by atoms with E-state index in [0.717, 1.165) is 42.3 Å². The number of carbonyl (C=O) groups excluding carboxylic acids is 3. The zero-order chi connectivity index (χ0) is 21.8. The maximum atomic E-state index is 12.6. The first-order chi connectivity index (χ1) is 15.0. The van der Waals surface area contributed by atoms with Crippen molar-refractivity contribution in [2.24, 2.45) is 0 Å². The van der Waals surface area contributed by atoms with Gasteiger partial charge in [0.05, 0.1) is 10.9 Å². The Morgan fingerprint density at radius 3 is 2.52 bits per heavy atom. The van der Waals surface area contributed by atoms with Crippen LogP contribution in [0.5, 0.6) is 0 Å². The molecule has 162 valence electrons. The van der Waals surface area contributed by atoms with E-state index in [1.54, 1.807) is 0 Å². The van der Waals surface area contributed by atoms with Crippen LogP contribution in [0.2, 0.25) is 0 Å². The van der Waals surface area contributed by atoms with Crippen molar-refractivity contribution in [3.05, 3.63) is 59.7 Å². The molecule has 2 aromatic carbocycles. The molecule has 0 aromatic heterocycles. The molecule has 2 N–H and O–H groups in total. The number of rotatable bonds is 5. The van der Waals surface area contributed by atoms with Crippen LogP contribution >= 0.6 is 11.8 Å². The minimum Gasteiger partial charge on any atom is -0.352 e. The molecule has 31 heavy (non-hydrogen) atoms. The molecule has 1 saturated heterocycles. The van der Waals surface area contributed by atoms with Crippen molar-refractivity contribution in [3.8, 4) is 0 Å². The van der Waals surface area contributed by atoms with Crippen LogP contribution < -0.4 is 10.6 Å². The fourth-order valence-corrected chi connectivity index (χ4v) is 4.74. The Labute approximate surface area is 186 Å². The number of thioether (sulfide) groups is 1. The molecule has 4 rings (SSSR count). The Kier molecular flexibility index (Phi) is 6.58. The summed E-state index contributed by atoms with van der Waals surface area (Å²) in [4.78, 5) is 42.3. The van der Waals surface area contributed by atoms with Crippen molar-refractivity contribution in [2.45, 2.75) is 23.1 Å². The van der Waals surface area contributed by atoms with Crippen molar-refractivity contribution in [1.82, 2.24) is 15.1 Å². The predicted molar refractivity (Wildman–Crippen MR) is 121 cm³/mol. The van der Waals surface area contributed by atoms with Crippen LogP contribution in [0.15, 0.2) is 53.4 Å². The minimum absolute atomic E-state index is 0.0457. The molecular formula is C23H26N4O3S. The summed E-state index contributed by atoms with van der Waals surface area (Å²) in [7, 11) is 2.06. The number of nitrogens with zero attached hydrogens (tertiary/aromatic N) is 2. The third kappa shape index (κ3) is 5.26. The number of para-hydroxylation sites is 1. The lowest BCUT2D eigenvalue weighted by molar-refractivity contribution is -0.124. The fraction of sp³-hybridized carbons (Fsp3) is 0.348. The molecule has 1 atom stereocenters. The summed E-state index contributed by atoms with van der Waals surface area (Å²) in [5, 5.41) is 5.29. The maximum Gasteiger partial charge on any atom is 0.253 e. The van der Waals surface area contributed by atoms with Gasteiger partial charge in [-0.1, -0.05) is 24.3 Å². The first kappa shape index (κ1) is 21.4. The highest BCUT2D eigenvalue weighted by Crippen LogP contribution is 2.36. The average Bonchev–Trinajstić information content (AvgIpc) is 2.78. The van der Waals surface area contributed by atoms with E-state index >= 15 is 0 Å². The summed E-state index contributed by atoms with van der Waals surface area (Å²) in [5.41, 5.74) is 2.36. The van der Waals surface area contributed by atoms with Gasteiger partial charge in [-0.15, -0.1) is 11.8 Å². The maximum absolute atomic E-state index is 12.6. The van der Waals surface area contributed by atoms with E-state index < -0.39 is 5.25 Å². The van der Waals surface area contributed by atoms with E-state index in [9.17, 15) is 14.4 Å². The van der Waals surface area contributed by atoms with Gasteiger partial charge in [0, 0.05) is 49.6 Å². The second kappa shape index (κ2) is 9.53. The van der Waals surface area contributed by atoms with E-state index in [-0.39, 0.29) is 24.1 Å². The van der Waals surface area contributed by atoms with Gasteiger partial charge < -0.3 is 20.4 Å². The number of hydrogen-bond donors (Lipinski definition) is 2. The topological polar surface area (TPSA) is 81.8 Å². The lowest BCUT2D eigenvalue weighted by atomic mass is 10.1. The minimum atomic E-state index is -0.446. The van der Waals surface area contributed by atoms with Gasteiger partial charge in [-0.25, -0.2) is 0 Å². The molecule has 8 heteroatoms. The number of piperazine rings is 1. The molecule has 2 aliphatic heterocycles. The highest BCUT2D eigenvalue weighted by molar-refractivity contribution is 8.01. The van der Waals surface area contributed by atoms with E-state index in [1.165, 1.54) is 11.8 Å². The van der Waals surface area contributed by atoms with Crippen LogP contribution in [0.25, 0.3) is 0 Å². The third-order valence-corrected chi connectivity index (χ3v) is 6.83. The molecule has 0 radical (unpaired) electrons. The first-order valence-corrected chi connectivity index (χ1v) is 11.3. The lowest BCUT2D eigenvalue weighted by Crippen LogP contribution is -2.47. The molecule has 0 saturated carbocycles. The predicted octanol–water partition coefficient (Wildman–Crippen LogP) is 2.19. The molecule has 2 heterocycles. The third-order valence-electron chi connectivity index (χ3n) is 5.56. The number of fused-ring (bicyclic) bond motifs is 1. The highest BCUT2D eigenvalue weighted by Gasteiger charge is 2.28. The van der Waals surface area contributed by atoms with Gasteiger partial charge in [0.25, 0.3) is 5.91 Å². The SMILES string of the molecule is CN1CCN(C(=O)c2ccc(CNC(=O)CC3Sc4ccccc4NC3=O)cc2)CC1.